The molecule has 4 rings (SSSR count). The molecule has 17 heteroatoms. The number of para-hydroxylation sites is 1. The Morgan fingerprint density at radius 1 is 1.06 bits per heavy atom. The number of nitrogens with one attached hydrogen (secondary N) is 1. The highest BCUT2D eigenvalue weighted by molar-refractivity contribution is 7.89. The summed E-state index contributed by atoms with van der Waals surface area (Å²) < 4.78 is 38.6. The molecule has 1 N–H and O–H groups in total. The Bertz CT molecular complexity index is 1900. The summed E-state index contributed by atoms with van der Waals surface area (Å²) in [5, 5.41) is 20.5. The van der Waals surface area contributed by atoms with Gasteiger partial charge in [0, 0.05) is 5.56 Å². The van der Waals surface area contributed by atoms with Gasteiger partial charge in [0.25, 0.3) is 22.7 Å². The van der Waals surface area contributed by atoms with Crippen molar-refractivity contribution in [1.82, 2.24) is 9.73 Å². The molecule has 15 nitrogen and oxygen atoms in total. The molecule has 0 fully saturated rings. The summed E-state index contributed by atoms with van der Waals surface area (Å²) in [6.07, 6.45) is -0.553. The van der Waals surface area contributed by atoms with Crippen LogP contribution in [0.15, 0.2) is 82.1 Å². The number of amides is 2. The van der Waals surface area contributed by atoms with Crippen LogP contribution in [0.4, 0.5) is 10.5 Å². The molecule has 0 bridgehead atoms. The van der Waals surface area contributed by atoms with E-state index >= 15 is 0 Å². The summed E-state index contributed by atoms with van der Waals surface area (Å²) in [5.74, 6) is -1.54. The molecule has 2 amide bonds. The molecule has 3 aromatic carbocycles. The smallest absolute Gasteiger partial charge is 0.424 e. The van der Waals surface area contributed by atoms with Gasteiger partial charge in [0.05, 0.1) is 39.4 Å². The number of anilines is 1. The Labute approximate surface area is 301 Å². The molecular formula is C34H41ClN6O9S. The number of hydrogen-bond donors (Lipinski definition) is 1. The molecule has 274 valence electrons. The second kappa shape index (κ2) is 16.1. The Balaban J connectivity index is 1.62. The maximum atomic E-state index is 14.3. The molecule has 0 saturated carbocycles. The number of carbonyl (C=O) groups is 3. The minimum absolute atomic E-state index is 0.0364. The Morgan fingerprint density at radius 2 is 1.73 bits per heavy atom. The fourth-order valence-electron chi connectivity index (χ4n) is 5.07. The minimum Gasteiger partial charge on any atom is -0.603 e. The van der Waals surface area contributed by atoms with Crippen LogP contribution in [0.2, 0.25) is 5.02 Å². The number of nitrogens with zero attached hydrogens (tertiary/aromatic N) is 5. The van der Waals surface area contributed by atoms with Crippen LogP contribution in [0.1, 0.15) is 73.4 Å². The van der Waals surface area contributed by atoms with Crippen LogP contribution < -0.4 is 10.4 Å². The molecule has 0 spiro atoms. The number of fused-ring (bicyclic) bond motifs is 1. The van der Waals surface area contributed by atoms with Gasteiger partial charge in [-0.05, 0) is 89.4 Å². The van der Waals surface area contributed by atoms with Gasteiger partial charge in [-0.3, -0.25) is 15.2 Å². The highest BCUT2D eigenvalue weighted by Crippen LogP contribution is 2.32. The van der Waals surface area contributed by atoms with E-state index in [1.54, 1.807) is 39.6 Å². The predicted octanol–water partition coefficient (Wildman–Crippen LogP) is 6.33. The molecule has 0 aliphatic carbocycles. The number of halogens is 1. The van der Waals surface area contributed by atoms with Gasteiger partial charge >= 0.3 is 12.1 Å². The molecule has 1 heterocycles. The van der Waals surface area contributed by atoms with E-state index in [9.17, 15) is 28.0 Å². The lowest BCUT2D eigenvalue weighted by molar-refractivity contribution is -0.890. The maximum absolute atomic E-state index is 14.3. The first-order chi connectivity index (χ1) is 24.0. The molecule has 3 aromatic rings. The van der Waals surface area contributed by atoms with Crippen molar-refractivity contribution in [3.05, 3.63) is 99.2 Å². The van der Waals surface area contributed by atoms with E-state index in [2.05, 4.69) is 15.9 Å². The lowest BCUT2D eigenvalue weighted by atomic mass is 10.1. The summed E-state index contributed by atoms with van der Waals surface area (Å²) in [6.45, 7) is 8.73. The van der Waals surface area contributed by atoms with Gasteiger partial charge in [-0.25, -0.2) is 22.8 Å². The molecule has 0 aromatic heterocycles. The number of rotatable bonds is 13. The van der Waals surface area contributed by atoms with Gasteiger partial charge in [0.2, 0.25) is 0 Å². The van der Waals surface area contributed by atoms with Crippen LogP contribution in [0.25, 0.3) is 0 Å². The fraction of sp³-hybridized carbons (Fsp3) is 0.382. The van der Waals surface area contributed by atoms with Crippen molar-refractivity contribution in [2.75, 3.05) is 24.9 Å². The third-order valence-electron chi connectivity index (χ3n) is 7.83. The van der Waals surface area contributed by atoms with E-state index in [4.69, 9.17) is 25.9 Å². The molecule has 1 atom stereocenters. The molecule has 51 heavy (non-hydrogen) atoms. The van der Waals surface area contributed by atoms with Crippen LogP contribution >= 0.6 is 11.6 Å². The fourth-order valence-corrected chi connectivity index (χ4v) is 6.85. The molecular weight excluding hydrogens is 704 g/mol. The maximum Gasteiger partial charge on any atom is 0.424 e. The second-order valence-electron chi connectivity index (χ2n) is 12.6. The lowest BCUT2D eigenvalue weighted by Crippen LogP contribution is -2.45. The van der Waals surface area contributed by atoms with E-state index in [0.717, 1.165) is 17.3 Å². The molecule has 1 aliphatic rings. The Hall–Kier alpha value is -4.77. The first kappa shape index (κ1) is 39.0. The van der Waals surface area contributed by atoms with Crippen molar-refractivity contribution in [1.29, 1.82) is 0 Å². The van der Waals surface area contributed by atoms with Gasteiger partial charge < -0.3 is 19.5 Å². The van der Waals surface area contributed by atoms with Crippen LogP contribution in [0.5, 0.6) is 0 Å². The van der Waals surface area contributed by atoms with E-state index in [0.29, 0.717) is 10.7 Å². The number of hydrazine groups is 1. The number of hydroxylamine groups is 2. The quantitative estimate of drug-likeness (QED) is 0.0519. The van der Waals surface area contributed by atoms with Crippen molar-refractivity contribution < 1.29 is 41.9 Å². The second-order valence-corrected chi connectivity index (χ2v) is 14.9. The first-order valence-corrected chi connectivity index (χ1v) is 17.9. The largest absolute Gasteiger partial charge is 0.603 e. The summed E-state index contributed by atoms with van der Waals surface area (Å²) in [5.41, 5.74) is 3.53. The normalized spacial score (nSPS) is 14.6. The summed E-state index contributed by atoms with van der Waals surface area (Å²) in [7, 11) is -4.83. The molecule has 0 saturated heterocycles. The lowest BCUT2D eigenvalue weighted by Gasteiger charge is -2.30. The van der Waals surface area contributed by atoms with E-state index in [-0.39, 0.29) is 40.8 Å². The van der Waals surface area contributed by atoms with E-state index < -0.39 is 56.6 Å². The summed E-state index contributed by atoms with van der Waals surface area (Å²) >= 11 is 6.42. The predicted molar refractivity (Wildman–Crippen MR) is 187 cm³/mol. The number of ether oxygens (including phenoxy) is 2. The monoisotopic (exact) mass is 744 g/mol. The van der Waals surface area contributed by atoms with E-state index in [1.807, 2.05) is 31.2 Å². The average molecular weight is 745 g/mol. The number of hydrogen-bond acceptors (Lipinski definition) is 12. The third kappa shape index (κ3) is 9.52. The van der Waals surface area contributed by atoms with Crippen molar-refractivity contribution in [3.63, 3.8) is 0 Å². The van der Waals surface area contributed by atoms with Gasteiger partial charge in [0.1, 0.15) is 23.6 Å². The minimum atomic E-state index is -4.83. The number of quaternary nitrogens is 1. The highest BCUT2D eigenvalue weighted by Gasteiger charge is 2.36. The van der Waals surface area contributed by atoms with Crippen molar-refractivity contribution >= 4 is 45.3 Å². The Kier molecular flexibility index (Phi) is 12.3. The number of sulfonamides is 1. The topological polar surface area (TPSA) is 179 Å². The van der Waals surface area contributed by atoms with Gasteiger partial charge in [-0.15, -0.1) is 0 Å². The highest BCUT2D eigenvalue weighted by atomic mass is 35.5. The van der Waals surface area contributed by atoms with Crippen LogP contribution in [0, 0.1) is 5.21 Å². The van der Waals surface area contributed by atoms with Crippen molar-refractivity contribution in [2.24, 2.45) is 10.5 Å². The number of carbonyl (C=O) groups excluding carboxylic acids is 3. The van der Waals surface area contributed by atoms with Gasteiger partial charge in [0.15, 0.2) is 0 Å². The van der Waals surface area contributed by atoms with Crippen LogP contribution in [-0.4, -0.2) is 67.0 Å². The molecule has 1 aliphatic heterocycles. The van der Waals surface area contributed by atoms with Crippen LogP contribution in [-0.2, 0) is 37.3 Å². The van der Waals surface area contributed by atoms with Crippen molar-refractivity contribution in [2.45, 2.75) is 71.0 Å². The zero-order valence-electron chi connectivity index (χ0n) is 29.2. The zero-order valence-corrected chi connectivity index (χ0v) is 30.7. The molecule has 0 radical (unpaired) electrons. The third-order valence-corrected chi connectivity index (χ3v) is 10.0. The molecule has 1 unspecified atom stereocenters. The van der Waals surface area contributed by atoms with Crippen LogP contribution in [0.3, 0.4) is 0 Å². The van der Waals surface area contributed by atoms with Gasteiger partial charge in [-0.1, -0.05) is 48.0 Å². The number of esters is 1. The standard InChI is InChI=1S/C34H41ClN6O9S/c1-7-41(45,8-2)37-38-49-22-48-32(43)27-15-11-9-14-26(27)21-39(33(44)50-34(4,5)6)51(46,47)30-20-25(17-18-28(30)35)31(42)36-40-23(3)19-24-13-10-12-16-29(24)40/h9-18,20,23H,7-8,19,21-22H2,1-6H3,(H,36,42)/b38-37-. The zero-order chi connectivity index (χ0) is 37.6. The summed E-state index contributed by atoms with van der Waals surface area (Å²) in [6, 6.07) is 17.1. The van der Waals surface area contributed by atoms with Crippen molar-refractivity contribution in [3.8, 4) is 0 Å². The van der Waals surface area contributed by atoms with E-state index in [1.165, 1.54) is 36.4 Å². The average Bonchev–Trinajstić information content (AvgIpc) is 3.40. The first-order valence-electron chi connectivity index (χ1n) is 16.1. The summed E-state index contributed by atoms with van der Waals surface area (Å²) in [4.78, 5) is 44.4. The SMILES string of the molecule is CC[N+]([O-])(CC)/N=N\OCOC(=O)c1ccccc1CN(C(=O)OC(C)(C)C)S(=O)(=O)c1cc(C(=O)NN2c3ccccc3CC2C)ccc1Cl. The van der Waals surface area contributed by atoms with Gasteiger partial charge in [-0.2, -0.15) is 4.31 Å². The Morgan fingerprint density at radius 3 is 2.41 bits per heavy atom. The number of benzene rings is 3.